The zero-order valence-electron chi connectivity index (χ0n) is 53.4. The number of ether oxygens (including phenoxy) is 2. The molecule has 1 aliphatic heterocycles. The topological polar surface area (TPSA) is 149 Å². The first-order chi connectivity index (χ1) is 40.8. The lowest BCUT2D eigenvalue weighted by Gasteiger charge is -2.40. The zero-order chi connectivity index (χ0) is 60.0. The molecule has 0 aromatic carbocycles. The number of unbranched alkanes of at least 4 members (excludes halogenated alkanes) is 33. The summed E-state index contributed by atoms with van der Waals surface area (Å²) >= 11 is 0. The molecule has 83 heavy (non-hydrogen) atoms. The van der Waals surface area contributed by atoms with Crippen molar-refractivity contribution in [3.63, 3.8) is 0 Å². The van der Waals surface area contributed by atoms with E-state index in [1.54, 1.807) is 6.08 Å². The Labute approximate surface area is 510 Å². The molecular weight excluding hydrogens is 1030 g/mol. The van der Waals surface area contributed by atoms with Gasteiger partial charge < -0.3 is 40.3 Å². The van der Waals surface area contributed by atoms with E-state index in [0.29, 0.717) is 6.42 Å². The molecule has 0 radical (unpaired) electrons. The van der Waals surface area contributed by atoms with E-state index in [-0.39, 0.29) is 12.5 Å². The third-order valence-electron chi connectivity index (χ3n) is 15.8. The van der Waals surface area contributed by atoms with Crippen LogP contribution in [0.2, 0.25) is 0 Å². The third kappa shape index (κ3) is 50.7. The lowest BCUT2D eigenvalue weighted by Crippen LogP contribution is -2.60. The molecule has 0 aromatic heterocycles. The molecule has 0 aliphatic carbocycles. The zero-order valence-corrected chi connectivity index (χ0v) is 53.4. The molecule has 0 bridgehead atoms. The highest BCUT2D eigenvalue weighted by atomic mass is 16.7. The van der Waals surface area contributed by atoms with E-state index in [2.05, 4.69) is 116 Å². The molecule has 1 fully saturated rings. The van der Waals surface area contributed by atoms with Gasteiger partial charge in [-0.05, 0) is 89.9 Å². The van der Waals surface area contributed by atoms with Gasteiger partial charge in [0.1, 0.15) is 24.4 Å². The van der Waals surface area contributed by atoms with Gasteiger partial charge in [-0.15, -0.1) is 0 Å². The fourth-order valence-electron chi connectivity index (χ4n) is 10.4. The fourth-order valence-corrected chi connectivity index (χ4v) is 10.4. The van der Waals surface area contributed by atoms with Gasteiger partial charge in [-0.3, -0.25) is 4.79 Å². The van der Waals surface area contributed by atoms with Crippen molar-refractivity contribution in [3.8, 4) is 0 Å². The molecule has 1 amide bonds. The summed E-state index contributed by atoms with van der Waals surface area (Å²) in [6.45, 7) is 3.67. The van der Waals surface area contributed by atoms with Crippen LogP contribution in [-0.4, -0.2) is 87.5 Å². The fraction of sp³-hybridized carbons (Fsp3) is 0.743. The summed E-state index contributed by atoms with van der Waals surface area (Å²) in [4.78, 5) is 13.1. The van der Waals surface area contributed by atoms with Crippen LogP contribution < -0.4 is 5.32 Å². The quantitative estimate of drug-likeness (QED) is 0.0261. The van der Waals surface area contributed by atoms with E-state index in [9.17, 15) is 30.3 Å². The maximum atomic E-state index is 13.1. The number of allylic oxidation sites excluding steroid dienone is 17. The molecule has 478 valence electrons. The Kier molecular flexibility index (Phi) is 58.1. The molecule has 7 atom stereocenters. The normalized spacial score (nSPS) is 19.0. The van der Waals surface area contributed by atoms with E-state index in [4.69, 9.17) is 9.47 Å². The summed E-state index contributed by atoms with van der Waals surface area (Å²) in [5, 5.41) is 54.7. The van der Waals surface area contributed by atoms with Crippen molar-refractivity contribution in [2.24, 2.45) is 0 Å². The molecule has 0 spiro atoms. The molecule has 7 unspecified atom stereocenters. The monoisotopic (exact) mass is 1160 g/mol. The lowest BCUT2D eigenvalue weighted by atomic mass is 9.99. The van der Waals surface area contributed by atoms with Gasteiger partial charge >= 0.3 is 0 Å². The maximum Gasteiger partial charge on any atom is 0.220 e. The van der Waals surface area contributed by atoms with Crippen LogP contribution in [-0.2, 0) is 14.3 Å². The number of carbonyl (C=O) groups excluding carboxylic acids is 1. The van der Waals surface area contributed by atoms with E-state index in [1.165, 1.54) is 193 Å². The molecule has 1 rings (SSSR count). The van der Waals surface area contributed by atoms with Crippen molar-refractivity contribution in [2.75, 3.05) is 13.2 Å². The minimum atomic E-state index is -1.58. The van der Waals surface area contributed by atoms with Crippen LogP contribution in [0.25, 0.3) is 0 Å². The van der Waals surface area contributed by atoms with Gasteiger partial charge in [-0.25, -0.2) is 0 Å². The standard InChI is InChI=1S/C74H129NO8/c1-3-5-7-9-11-13-15-17-19-21-23-25-26-27-28-29-30-31-32-33-34-35-36-37-38-39-40-41-42-44-46-48-50-52-54-56-58-60-62-64-70(78)75-67(66-82-74-73(81)72(80)71(79)69(65-76)83-74)68(77)63-61-59-57-55-53-51-49-47-45-43-24-22-20-18-16-14-12-10-8-6-4-2/h5,7,11,13,17,19,23,25,27-28,30-31,33-34,53,55,61,63,67-69,71-74,76-77,79-81H,3-4,6,8-10,12,14-16,18,20-22,24,26,29,32,35-52,54,56-60,62,64-66H2,1-2H3,(H,75,78)/b7-5-,13-11-,19-17-,25-23-,28-27-,31-30-,34-33-,55-53+,63-61+. The molecule has 6 N–H and O–H groups in total. The van der Waals surface area contributed by atoms with Crippen LogP contribution in [0.4, 0.5) is 0 Å². The van der Waals surface area contributed by atoms with E-state index in [0.717, 1.165) is 83.5 Å². The smallest absolute Gasteiger partial charge is 0.220 e. The maximum absolute atomic E-state index is 13.1. The van der Waals surface area contributed by atoms with Gasteiger partial charge in [0.25, 0.3) is 0 Å². The highest BCUT2D eigenvalue weighted by Gasteiger charge is 2.44. The number of nitrogens with one attached hydrogen (secondary N) is 1. The van der Waals surface area contributed by atoms with Gasteiger partial charge in [0.15, 0.2) is 6.29 Å². The first-order valence-electron chi connectivity index (χ1n) is 34.6. The largest absolute Gasteiger partial charge is 0.394 e. The minimum absolute atomic E-state index is 0.186. The van der Waals surface area contributed by atoms with E-state index < -0.39 is 49.5 Å². The Morgan fingerprint density at radius 3 is 1.16 bits per heavy atom. The van der Waals surface area contributed by atoms with E-state index in [1.807, 2.05) is 6.08 Å². The molecule has 1 heterocycles. The van der Waals surface area contributed by atoms with Gasteiger partial charge in [0.2, 0.25) is 5.91 Å². The summed E-state index contributed by atoms with van der Waals surface area (Å²) in [7, 11) is 0. The second kappa shape index (κ2) is 61.9. The Morgan fingerprint density at radius 1 is 0.422 bits per heavy atom. The Morgan fingerprint density at radius 2 is 0.759 bits per heavy atom. The van der Waals surface area contributed by atoms with Gasteiger partial charge in [0.05, 0.1) is 25.4 Å². The Bertz CT molecular complexity index is 1680. The predicted molar refractivity (Wildman–Crippen MR) is 354 cm³/mol. The lowest BCUT2D eigenvalue weighted by molar-refractivity contribution is -0.302. The summed E-state index contributed by atoms with van der Waals surface area (Å²) in [5.74, 6) is -0.186. The summed E-state index contributed by atoms with van der Waals surface area (Å²) in [6, 6.07) is -0.827. The third-order valence-corrected chi connectivity index (χ3v) is 15.8. The van der Waals surface area contributed by atoms with Crippen molar-refractivity contribution < 1.29 is 39.8 Å². The first-order valence-corrected chi connectivity index (χ1v) is 34.6. The molecule has 1 aliphatic rings. The minimum Gasteiger partial charge on any atom is -0.394 e. The summed E-state index contributed by atoms with van der Waals surface area (Å²) in [6.07, 6.45) is 84.7. The van der Waals surface area contributed by atoms with Crippen LogP contribution in [0.15, 0.2) is 109 Å². The number of hydrogen-bond acceptors (Lipinski definition) is 8. The highest BCUT2D eigenvalue weighted by Crippen LogP contribution is 2.23. The first kappa shape index (κ1) is 77.9. The molecule has 0 saturated carbocycles. The van der Waals surface area contributed by atoms with Gasteiger partial charge in [-0.2, -0.15) is 0 Å². The molecule has 9 heteroatoms. The van der Waals surface area contributed by atoms with Crippen LogP contribution in [0, 0.1) is 0 Å². The second-order valence-corrected chi connectivity index (χ2v) is 23.6. The number of hydrogen-bond donors (Lipinski definition) is 6. The van der Waals surface area contributed by atoms with Crippen molar-refractivity contribution >= 4 is 5.91 Å². The second-order valence-electron chi connectivity index (χ2n) is 23.6. The van der Waals surface area contributed by atoms with Crippen molar-refractivity contribution in [1.82, 2.24) is 5.32 Å². The number of aliphatic hydroxyl groups is 5. The van der Waals surface area contributed by atoms with Crippen LogP contribution in [0.5, 0.6) is 0 Å². The SMILES string of the molecule is CC/C=C\C/C=C\C/C=C\C/C=C\C/C=C\C/C=C\C/C=C\CCCCCCCCCCCCCCCCCCCC(=O)NC(COC1OC(CO)C(O)C(O)C1O)C(O)/C=C/CC/C=C/CCCCCCCCCCCCCCCCC. The van der Waals surface area contributed by atoms with Crippen molar-refractivity contribution in [1.29, 1.82) is 0 Å². The van der Waals surface area contributed by atoms with Gasteiger partial charge in [-0.1, -0.05) is 309 Å². The van der Waals surface area contributed by atoms with Crippen molar-refractivity contribution in [2.45, 2.75) is 339 Å². The molecular formula is C74H129NO8. The Hall–Kier alpha value is -3.15. The van der Waals surface area contributed by atoms with Crippen LogP contribution >= 0.6 is 0 Å². The van der Waals surface area contributed by atoms with Crippen LogP contribution in [0.1, 0.15) is 296 Å². The highest BCUT2D eigenvalue weighted by molar-refractivity contribution is 5.76. The molecule has 0 aromatic rings. The number of carbonyl (C=O) groups is 1. The Balaban J connectivity index is 2.12. The summed E-state index contributed by atoms with van der Waals surface area (Å²) in [5.41, 5.74) is 0. The van der Waals surface area contributed by atoms with E-state index >= 15 is 0 Å². The van der Waals surface area contributed by atoms with Crippen molar-refractivity contribution in [3.05, 3.63) is 109 Å². The average Bonchev–Trinajstić information content (AvgIpc) is 3.60. The molecule has 1 saturated heterocycles. The van der Waals surface area contributed by atoms with Crippen LogP contribution in [0.3, 0.4) is 0 Å². The number of aliphatic hydroxyl groups excluding tert-OH is 5. The summed E-state index contributed by atoms with van der Waals surface area (Å²) < 4.78 is 11.3. The molecule has 9 nitrogen and oxygen atoms in total. The average molecular weight is 1160 g/mol. The number of rotatable bonds is 59. The number of amides is 1. The van der Waals surface area contributed by atoms with Gasteiger partial charge in [0, 0.05) is 6.42 Å². The predicted octanol–water partition coefficient (Wildman–Crippen LogP) is 18.9.